The molecule has 0 saturated carbocycles. The fraction of sp³-hybridized carbons (Fsp3) is 0.133. The first-order chi connectivity index (χ1) is 8.49. The third kappa shape index (κ3) is 2.25. The van der Waals surface area contributed by atoms with Gasteiger partial charge in [-0.3, -0.25) is 0 Å². The van der Waals surface area contributed by atoms with Gasteiger partial charge in [0.05, 0.1) is 5.56 Å². The predicted octanol–water partition coefficient (Wildman–Crippen LogP) is 3.81. The summed E-state index contributed by atoms with van der Waals surface area (Å²) in [7, 11) is 0. The highest BCUT2D eigenvalue weighted by atomic mass is 19.1. The summed E-state index contributed by atoms with van der Waals surface area (Å²) in [6.45, 7) is 3.88. The Morgan fingerprint density at radius 1 is 1.06 bits per heavy atom. The summed E-state index contributed by atoms with van der Waals surface area (Å²) in [4.78, 5) is 10.7. The van der Waals surface area contributed by atoms with Gasteiger partial charge in [0.15, 0.2) is 0 Å². The van der Waals surface area contributed by atoms with Crippen LogP contribution < -0.4 is 0 Å². The van der Waals surface area contributed by atoms with Crippen LogP contribution in [0.1, 0.15) is 21.5 Å². The number of halogens is 1. The average Bonchev–Trinajstić information content (AvgIpc) is 2.30. The SMILES string of the molecule is Cc1ccc(-c2ccc(C(=O)O)cc2F)c(C)c1. The lowest BCUT2D eigenvalue weighted by molar-refractivity contribution is 0.0696. The van der Waals surface area contributed by atoms with Crippen molar-refractivity contribution in [3.63, 3.8) is 0 Å². The molecule has 0 radical (unpaired) electrons. The van der Waals surface area contributed by atoms with Gasteiger partial charge in [0.2, 0.25) is 0 Å². The first-order valence-electron chi connectivity index (χ1n) is 5.59. The molecule has 18 heavy (non-hydrogen) atoms. The van der Waals surface area contributed by atoms with Crippen molar-refractivity contribution >= 4 is 5.97 Å². The molecule has 0 aromatic heterocycles. The second-order valence-electron chi connectivity index (χ2n) is 4.32. The van der Waals surface area contributed by atoms with Crippen LogP contribution in [0.5, 0.6) is 0 Å². The molecule has 0 atom stereocenters. The van der Waals surface area contributed by atoms with Gasteiger partial charge in [0.1, 0.15) is 5.82 Å². The first kappa shape index (κ1) is 12.3. The number of aromatic carboxylic acids is 1. The van der Waals surface area contributed by atoms with Crippen molar-refractivity contribution in [3.05, 3.63) is 58.9 Å². The molecule has 0 bridgehead atoms. The topological polar surface area (TPSA) is 37.3 Å². The average molecular weight is 244 g/mol. The van der Waals surface area contributed by atoms with Crippen LogP contribution in [0.15, 0.2) is 36.4 Å². The second-order valence-corrected chi connectivity index (χ2v) is 4.32. The zero-order chi connectivity index (χ0) is 13.3. The van der Waals surface area contributed by atoms with E-state index in [9.17, 15) is 9.18 Å². The maximum absolute atomic E-state index is 13.9. The summed E-state index contributed by atoms with van der Waals surface area (Å²) in [5.74, 6) is -1.64. The number of hydrogen-bond acceptors (Lipinski definition) is 1. The molecule has 0 aliphatic heterocycles. The first-order valence-corrected chi connectivity index (χ1v) is 5.59. The number of rotatable bonds is 2. The minimum atomic E-state index is -1.12. The molecular weight excluding hydrogens is 231 g/mol. The standard InChI is InChI=1S/C15H13FO2/c1-9-3-5-12(10(2)7-9)13-6-4-11(15(17)18)8-14(13)16/h3-8H,1-2H3,(H,17,18). The molecule has 0 unspecified atom stereocenters. The molecule has 2 nitrogen and oxygen atoms in total. The van der Waals surface area contributed by atoms with E-state index < -0.39 is 11.8 Å². The van der Waals surface area contributed by atoms with Gasteiger partial charge in [0, 0.05) is 5.56 Å². The molecule has 3 heteroatoms. The van der Waals surface area contributed by atoms with Gasteiger partial charge >= 0.3 is 5.97 Å². The summed E-state index contributed by atoms with van der Waals surface area (Å²) < 4.78 is 13.9. The van der Waals surface area contributed by atoms with E-state index in [0.717, 1.165) is 22.8 Å². The van der Waals surface area contributed by atoms with Crippen molar-refractivity contribution in [3.8, 4) is 11.1 Å². The molecule has 0 aliphatic carbocycles. The van der Waals surface area contributed by atoms with E-state index in [1.165, 1.54) is 12.1 Å². The number of aryl methyl sites for hydroxylation is 2. The molecule has 0 spiro atoms. The van der Waals surface area contributed by atoms with Crippen molar-refractivity contribution in [2.75, 3.05) is 0 Å². The zero-order valence-electron chi connectivity index (χ0n) is 10.2. The number of carboxylic acid groups (broad SMARTS) is 1. The summed E-state index contributed by atoms with van der Waals surface area (Å²) in [5.41, 5.74) is 3.25. The van der Waals surface area contributed by atoms with Crippen LogP contribution in [-0.4, -0.2) is 11.1 Å². The quantitative estimate of drug-likeness (QED) is 0.872. The van der Waals surface area contributed by atoms with Crippen LogP contribution in [0, 0.1) is 19.7 Å². The van der Waals surface area contributed by atoms with Gasteiger partial charge < -0.3 is 5.11 Å². The number of carboxylic acids is 1. The number of carbonyl (C=O) groups is 1. The lowest BCUT2D eigenvalue weighted by Crippen LogP contribution is -1.98. The Balaban J connectivity index is 2.54. The Labute approximate surface area is 105 Å². The third-order valence-corrected chi connectivity index (χ3v) is 2.89. The minimum absolute atomic E-state index is 0.0407. The Bertz CT molecular complexity index is 618. The number of hydrogen-bond donors (Lipinski definition) is 1. The van der Waals surface area contributed by atoms with Gasteiger partial charge in [-0.25, -0.2) is 9.18 Å². The lowest BCUT2D eigenvalue weighted by atomic mass is 9.97. The summed E-state index contributed by atoms with van der Waals surface area (Å²) >= 11 is 0. The van der Waals surface area contributed by atoms with Crippen molar-refractivity contribution in [2.24, 2.45) is 0 Å². The monoisotopic (exact) mass is 244 g/mol. The summed E-state index contributed by atoms with van der Waals surface area (Å²) in [5, 5.41) is 8.80. The largest absolute Gasteiger partial charge is 0.478 e. The van der Waals surface area contributed by atoms with Crippen LogP contribution in [-0.2, 0) is 0 Å². The molecule has 2 rings (SSSR count). The van der Waals surface area contributed by atoms with E-state index in [1.807, 2.05) is 32.0 Å². The molecule has 0 heterocycles. The molecular formula is C15H13FO2. The smallest absolute Gasteiger partial charge is 0.335 e. The fourth-order valence-electron chi connectivity index (χ4n) is 1.98. The van der Waals surface area contributed by atoms with Crippen LogP contribution in [0.3, 0.4) is 0 Å². The normalized spacial score (nSPS) is 10.4. The second kappa shape index (κ2) is 4.61. The maximum Gasteiger partial charge on any atom is 0.335 e. The summed E-state index contributed by atoms with van der Waals surface area (Å²) in [6.07, 6.45) is 0. The van der Waals surface area contributed by atoms with Crippen LogP contribution in [0.2, 0.25) is 0 Å². The van der Waals surface area contributed by atoms with Gasteiger partial charge in [0.25, 0.3) is 0 Å². The molecule has 2 aromatic carbocycles. The van der Waals surface area contributed by atoms with Gasteiger partial charge in [-0.05, 0) is 37.1 Å². The molecule has 0 fully saturated rings. The molecule has 0 saturated heterocycles. The van der Waals surface area contributed by atoms with E-state index in [-0.39, 0.29) is 5.56 Å². The van der Waals surface area contributed by atoms with Crippen molar-refractivity contribution in [1.82, 2.24) is 0 Å². The Morgan fingerprint density at radius 2 is 1.72 bits per heavy atom. The zero-order valence-corrected chi connectivity index (χ0v) is 10.2. The van der Waals surface area contributed by atoms with E-state index in [2.05, 4.69) is 0 Å². The minimum Gasteiger partial charge on any atom is -0.478 e. The van der Waals surface area contributed by atoms with Crippen LogP contribution >= 0.6 is 0 Å². The van der Waals surface area contributed by atoms with E-state index in [4.69, 9.17) is 5.11 Å². The van der Waals surface area contributed by atoms with Crippen molar-refractivity contribution < 1.29 is 14.3 Å². The van der Waals surface area contributed by atoms with E-state index >= 15 is 0 Å². The van der Waals surface area contributed by atoms with Gasteiger partial charge in [-0.15, -0.1) is 0 Å². The molecule has 2 aromatic rings. The Hall–Kier alpha value is -2.16. The fourth-order valence-corrected chi connectivity index (χ4v) is 1.98. The third-order valence-electron chi connectivity index (χ3n) is 2.89. The Morgan fingerprint density at radius 3 is 2.28 bits per heavy atom. The molecule has 0 aliphatic rings. The van der Waals surface area contributed by atoms with Gasteiger partial charge in [-0.1, -0.05) is 29.8 Å². The predicted molar refractivity (Wildman–Crippen MR) is 68.3 cm³/mol. The maximum atomic E-state index is 13.9. The molecule has 1 N–H and O–H groups in total. The van der Waals surface area contributed by atoms with Crippen molar-refractivity contribution in [1.29, 1.82) is 0 Å². The molecule has 0 amide bonds. The highest BCUT2D eigenvalue weighted by molar-refractivity contribution is 5.88. The van der Waals surface area contributed by atoms with Crippen LogP contribution in [0.4, 0.5) is 4.39 Å². The van der Waals surface area contributed by atoms with Crippen molar-refractivity contribution in [2.45, 2.75) is 13.8 Å². The highest BCUT2D eigenvalue weighted by Gasteiger charge is 2.11. The van der Waals surface area contributed by atoms with Crippen LogP contribution in [0.25, 0.3) is 11.1 Å². The lowest BCUT2D eigenvalue weighted by Gasteiger charge is -2.09. The molecule has 92 valence electrons. The van der Waals surface area contributed by atoms with Gasteiger partial charge in [-0.2, -0.15) is 0 Å². The Kier molecular flexibility index (Phi) is 3.15. The van der Waals surface area contributed by atoms with E-state index in [1.54, 1.807) is 0 Å². The number of benzene rings is 2. The van der Waals surface area contributed by atoms with E-state index in [0.29, 0.717) is 5.56 Å². The summed E-state index contributed by atoms with van der Waals surface area (Å²) in [6, 6.07) is 9.71. The highest BCUT2D eigenvalue weighted by Crippen LogP contribution is 2.27.